The minimum absolute atomic E-state index is 0.0865. The second kappa shape index (κ2) is 10.8. The number of aromatic nitrogens is 2. The first-order chi connectivity index (χ1) is 16.0. The molecule has 1 aromatic heterocycles. The Balaban J connectivity index is 1.36. The normalized spacial score (nSPS) is 19.7. The quantitative estimate of drug-likeness (QED) is 0.680. The summed E-state index contributed by atoms with van der Waals surface area (Å²) >= 11 is 0. The van der Waals surface area contributed by atoms with Gasteiger partial charge in [0.2, 0.25) is 27.6 Å². The van der Waals surface area contributed by atoms with Crippen molar-refractivity contribution >= 4 is 15.9 Å². The van der Waals surface area contributed by atoms with E-state index in [9.17, 15) is 13.2 Å². The van der Waals surface area contributed by atoms with Gasteiger partial charge >= 0.3 is 0 Å². The molecule has 4 rings (SSSR count). The van der Waals surface area contributed by atoms with Crippen molar-refractivity contribution in [3.05, 3.63) is 30.2 Å². The van der Waals surface area contributed by atoms with Crippen LogP contribution in [0, 0.1) is 5.92 Å². The molecule has 1 aromatic carbocycles. The van der Waals surface area contributed by atoms with E-state index in [1.165, 1.54) is 36.4 Å². The highest BCUT2D eigenvalue weighted by molar-refractivity contribution is 7.89. The topological polar surface area (TPSA) is 105 Å². The maximum Gasteiger partial charge on any atom is 0.243 e. The summed E-state index contributed by atoms with van der Waals surface area (Å²) in [4.78, 5) is 17.3. The SMILES string of the molecule is CCc1nc(-c2cccc(S(=O)(=O)N3CCC(C(=O)NC4CCCCCCC4)CC3)c2)no1. The zero-order chi connectivity index (χ0) is 23.3. The second-order valence-electron chi connectivity index (χ2n) is 9.12. The number of carbonyl (C=O) groups is 1. The number of aryl methyl sites for hydroxylation is 1. The van der Waals surface area contributed by atoms with Gasteiger partial charge < -0.3 is 9.84 Å². The van der Waals surface area contributed by atoms with Crippen LogP contribution in [0.3, 0.4) is 0 Å². The number of carbonyl (C=O) groups excluding carboxylic acids is 1. The molecule has 2 aromatic rings. The van der Waals surface area contributed by atoms with E-state index in [4.69, 9.17) is 4.52 Å². The summed E-state index contributed by atoms with van der Waals surface area (Å²) in [5, 5.41) is 7.19. The van der Waals surface area contributed by atoms with E-state index in [-0.39, 0.29) is 22.8 Å². The van der Waals surface area contributed by atoms with Gasteiger partial charge in [0, 0.05) is 37.0 Å². The summed E-state index contributed by atoms with van der Waals surface area (Å²) in [5.74, 6) is 0.856. The molecule has 180 valence electrons. The second-order valence-corrected chi connectivity index (χ2v) is 11.1. The van der Waals surface area contributed by atoms with Crippen molar-refractivity contribution in [2.24, 2.45) is 5.92 Å². The molecule has 2 fully saturated rings. The first kappa shape index (κ1) is 23.9. The number of nitrogens with one attached hydrogen (secondary N) is 1. The Morgan fingerprint density at radius 1 is 1.09 bits per heavy atom. The monoisotopic (exact) mass is 474 g/mol. The van der Waals surface area contributed by atoms with Crippen molar-refractivity contribution in [1.29, 1.82) is 0 Å². The third kappa shape index (κ3) is 5.81. The van der Waals surface area contributed by atoms with Gasteiger partial charge in [0.15, 0.2) is 0 Å². The molecule has 1 aliphatic carbocycles. The Morgan fingerprint density at radius 2 is 1.79 bits per heavy atom. The van der Waals surface area contributed by atoms with Crippen LogP contribution in [0.15, 0.2) is 33.7 Å². The van der Waals surface area contributed by atoms with E-state index in [2.05, 4.69) is 15.5 Å². The van der Waals surface area contributed by atoms with E-state index in [0.717, 1.165) is 12.8 Å². The first-order valence-electron chi connectivity index (χ1n) is 12.2. The molecule has 1 saturated heterocycles. The molecule has 0 unspecified atom stereocenters. The summed E-state index contributed by atoms with van der Waals surface area (Å²) in [6.07, 6.45) is 9.94. The van der Waals surface area contributed by atoms with Crippen molar-refractivity contribution in [1.82, 2.24) is 19.8 Å². The van der Waals surface area contributed by atoms with E-state index >= 15 is 0 Å². The van der Waals surface area contributed by atoms with E-state index < -0.39 is 10.0 Å². The molecule has 33 heavy (non-hydrogen) atoms. The lowest BCUT2D eigenvalue weighted by Crippen LogP contribution is -2.45. The highest BCUT2D eigenvalue weighted by Crippen LogP contribution is 2.27. The van der Waals surface area contributed by atoms with Crippen LogP contribution in [0.4, 0.5) is 0 Å². The van der Waals surface area contributed by atoms with Gasteiger partial charge in [0.1, 0.15) is 0 Å². The van der Waals surface area contributed by atoms with Crippen molar-refractivity contribution in [2.75, 3.05) is 13.1 Å². The van der Waals surface area contributed by atoms with Crippen molar-refractivity contribution in [3.63, 3.8) is 0 Å². The standard InChI is InChI=1S/C24H34N4O4S/c1-2-22-26-23(27-32-22)19-9-8-12-21(17-19)33(30,31)28-15-13-18(14-16-28)24(29)25-20-10-6-4-3-5-7-11-20/h8-9,12,17-18,20H,2-7,10-11,13-16H2,1H3,(H,25,29). The molecule has 1 aliphatic heterocycles. The minimum atomic E-state index is -3.66. The third-order valence-corrected chi connectivity index (χ3v) is 8.67. The van der Waals surface area contributed by atoms with Crippen molar-refractivity contribution in [3.8, 4) is 11.4 Å². The molecule has 9 heteroatoms. The fourth-order valence-corrected chi connectivity index (χ4v) is 6.25. The fraction of sp³-hybridized carbons (Fsp3) is 0.625. The van der Waals surface area contributed by atoms with Gasteiger partial charge in [0.05, 0.1) is 4.90 Å². The zero-order valence-corrected chi connectivity index (χ0v) is 20.1. The molecule has 1 saturated carbocycles. The molecule has 0 spiro atoms. The van der Waals surface area contributed by atoms with Gasteiger partial charge in [-0.3, -0.25) is 4.79 Å². The number of sulfonamides is 1. The van der Waals surface area contributed by atoms with Gasteiger partial charge in [-0.05, 0) is 37.8 Å². The molecule has 0 radical (unpaired) electrons. The van der Waals surface area contributed by atoms with Crippen LogP contribution < -0.4 is 5.32 Å². The predicted molar refractivity (Wildman–Crippen MR) is 125 cm³/mol. The number of rotatable bonds is 6. The Bertz CT molecular complexity index is 1040. The van der Waals surface area contributed by atoms with E-state index in [0.29, 0.717) is 49.6 Å². The lowest BCUT2D eigenvalue weighted by Gasteiger charge is -2.32. The molecule has 0 atom stereocenters. The van der Waals surface area contributed by atoms with Crippen LogP contribution >= 0.6 is 0 Å². The average Bonchev–Trinajstić information content (AvgIpc) is 3.30. The van der Waals surface area contributed by atoms with E-state index in [1.807, 2.05) is 6.92 Å². The summed E-state index contributed by atoms with van der Waals surface area (Å²) in [7, 11) is -3.66. The fourth-order valence-electron chi connectivity index (χ4n) is 4.74. The molecule has 1 N–H and O–H groups in total. The van der Waals surface area contributed by atoms with Crippen LogP contribution in [-0.4, -0.2) is 47.9 Å². The maximum absolute atomic E-state index is 13.3. The van der Waals surface area contributed by atoms with Gasteiger partial charge in [-0.1, -0.05) is 56.3 Å². The van der Waals surface area contributed by atoms with Crippen LogP contribution in [0.5, 0.6) is 0 Å². The highest BCUT2D eigenvalue weighted by Gasteiger charge is 2.33. The molecular weight excluding hydrogens is 440 g/mol. The molecule has 1 amide bonds. The predicted octanol–water partition coefficient (Wildman–Crippen LogP) is 3.93. The Hall–Kier alpha value is -2.26. The number of piperidine rings is 1. The summed E-state index contributed by atoms with van der Waals surface area (Å²) in [6, 6.07) is 6.91. The van der Waals surface area contributed by atoms with Crippen LogP contribution in [0.1, 0.15) is 70.6 Å². The summed E-state index contributed by atoms with van der Waals surface area (Å²) in [6.45, 7) is 2.61. The van der Waals surface area contributed by atoms with Crippen LogP contribution in [0.25, 0.3) is 11.4 Å². The number of hydrogen-bond donors (Lipinski definition) is 1. The average molecular weight is 475 g/mol. The summed E-state index contributed by atoms with van der Waals surface area (Å²) in [5.41, 5.74) is 0.605. The van der Waals surface area contributed by atoms with Gasteiger partial charge in [0.25, 0.3) is 0 Å². The Kier molecular flexibility index (Phi) is 7.80. The lowest BCUT2D eigenvalue weighted by atomic mass is 9.94. The van der Waals surface area contributed by atoms with E-state index in [1.54, 1.807) is 24.3 Å². The molecular formula is C24H34N4O4S. The van der Waals surface area contributed by atoms with Crippen LogP contribution in [0.2, 0.25) is 0 Å². The largest absolute Gasteiger partial charge is 0.353 e. The Morgan fingerprint density at radius 3 is 2.45 bits per heavy atom. The van der Waals surface area contributed by atoms with Crippen LogP contribution in [-0.2, 0) is 21.2 Å². The number of amides is 1. The highest BCUT2D eigenvalue weighted by atomic mass is 32.2. The van der Waals surface area contributed by atoms with Crippen molar-refractivity contribution in [2.45, 2.75) is 82.1 Å². The first-order valence-corrected chi connectivity index (χ1v) is 13.6. The zero-order valence-electron chi connectivity index (χ0n) is 19.3. The van der Waals surface area contributed by atoms with Crippen molar-refractivity contribution < 1.29 is 17.7 Å². The molecule has 2 heterocycles. The molecule has 2 aliphatic rings. The van der Waals surface area contributed by atoms with Gasteiger partial charge in [-0.15, -0.1) is 0 Å². The smallest absolute Gasteiger partial charge is 0.243 e. The molecule has 0 bridgehead atoms. The Labute approximate surface area is 196 Å². The number of benzene rings is 1. The number of nitrogens with zero attached hydrogens (tertiary/aromatic N) is 3. The molecule has 8 nitrogen and oxygen atoms in total. The summed E-state index contributed by atoms with van der Waals surface area (Å²) < 4.78 is 33.2. The van der Waals surface area contributed by atoms with Gasteiger partial charge in [-0.25, -0.2) is 8.42 Å². The minimum Gasteiger partial charge on any atom is -0.353 e. The lowest BCUT2D eigenvalue weighted by molar-refractivity contribution is -0.127. The maximum atomic E-state index is 13.3. The third-order valence-electron chi connectivity index (χ3n) is 6.78. The van der Waals surface area contributed by atoms with Gasteiger partial charge in [-0.2, -0.15) is 9.29 Å². The number of hydrogen-bond acceptors (Lipinski definition) is 6.